The van der Waals surface area contributed by atoms with Gasteiger partial charge in [-0.2, -0.15) is 0 Å². The molecule has 2 bridgehead atoms. The number of carbonyl (C=O) groups excluding carboxylic acids is 2. The molecule has 0 spiro atoms. The van der Waals surface area contributed by atoms with Crippen molar-refractivity contribution in [1.29, 1.82) is 0 Å². The Labute approximate surface area is 181 Å². The van der Waals surface area contributed by atoms with Crippen molar-refractivity contribution in [3.05, 3.63) is 48.0 Å². The maximum absolute atomic E-state index is 13.5. The lowest BCUT2D eigenvalue weighted by Crippen LogP contribution is -2.69. The van der Waals surface area contributed by atoms with Crippen molar-refractivity contribution in [3.63, 3.8) is 0 Å². The third-order valence-corrected chi connectivity index (χ3v) is 6.84. The Morgan fingerprint density at radius 1 is 1.16 bits per heavy atom. The molecule has 7 nitrogen and oxygen atoms in total. The molecule has 4 atom stereocenters. The summed E-state index contributed by atoms with van der Waals surface area (Å²) in [6.45, 7) is 0. The van der Waals surface area contributed by atoms with E-state index in [4.69, 9.17) is 14.2 Å². The SMILES string of the molecule is COc1ccc(OC)c(NC(=O)[C@H]2C(=O)N[C@@]34CCCC[C@H]3[C@H]2c2ccccc2O4)c1. The van der Waals surface area contributed by atoms with E-state index in [2.05, 4.69) is 10.6 Å². The summed E-state index contributed by atoms with van der Waals surface area (Å²) in [7, 11) is 3.10. The third kappa shape index (κ3) is 3.10. The monoisotopic (exact) mass is 422 g/mol. The number of piperidine rings is 1. The highest BCUT2D eigenvalue weighted by molar-refractivity contribution is 6.08. The fourth-order valence-corrected chi connectivity index (χ4v) is 5.47. The number of carbonyl (C=O) groups is 2. The van der Waals surface area contributed by atoms with E-state index < -0.39 is 11.6 Å². The zero-order valence-electron chi connectivity index (χ0n) is 17.6. The summed E-state index contributed by atoms with van der Waals surface area (Å²) in [6.07, 6.45) is 3.71. The van der Waals surface area contributed by atoms with E-state index in [0.29, 0.717) is 17.2 Å². The first kappa shape index (κ1) is 19.7. The van der Waals surface area contributed by atoms with Crippen LogP contribution in [-0.4, -0.2) is 31.8 Å². The second-order valence-corrected chi connectivity index (χ2v) is 8.43. The van der Waals surface area contributed by atoms with Crippen molar-refractivity contribution in [2.24, 2.45) is 11.8 Å². The maximum Gasteiger partial charge on any atom is 0.237 e. The minimum Gasteiger partial charge on any atom is -0.497 e. The van der Waals surface area contributed by atoms with Crippen LogP contribution in [0.2, 0.25) is 0 Å². The molecule has 1 saturated carbocycles. The van der Waals surface area contributed by atoms with Crippen LogP contribution >= 0.6 is 0 Å². The predicted molar refractivity (Wildman–Crippen MR) is 114 cm³/mol. The van der Waals surface area contributed by atoms with Gasteiger partial charge in [0.2, 0.25) is 11.8 Å². The lowest BCUT2D eigenvalue weighted by atomic mass is 9.62. The highest BCUT2D eigenvalue weighted by atomic mass is 16.5. The van der Waals surface area contributed by atoms with Crippen LogP contribution in [-0.2, 0) is 9.59 Å². The number of fused-ring (bicyclic) bond motifs is 2. The number of amides is 2. The number of rotatable bonds is 4. The van der Waals surface area contributed by atoms with Gasteiger partial charge in [-0.15, -0.1) is 0 Å². The van der Waals surface area contributed by atoms with Crippen LogP contribution in [0.5, 0.6) is 17.2 Å². The van der Waals surface area contributed by atoms with Crippen LogP contribution in [0, 0.1) is 11.8 Å². The van der Waals surface area contributed by atoms with Gasteiger partial charge in [0.25, 0.3) is 0 Å². The number of nitrogens with one attached hydrogen (secondary N) is 2. The van der Waals surface area contributed by atoms with Crippen LogP contribution in [0.15, 0.2) is 42.5 Å². The molecule has 7 heteroatoms. The highest BCUT2D eigenvalue weighted by Crippen LogP contribution is 2.55. The van der Waals surface area contributed by atoms with Gasteiger partial charge in [0.05, 0.1) is 19.9 Å². The molecule has 2 aromatic carbocycles. The van der Waals surface area contributed by atoms with Gasteiger partial charge in [0.1, 0.15) is 23.2 Å². The number of para-hydroxylation sites is 1. The molecule has 2 N–H and O–H groups in total. The second kappa shape index (κ2) is 7.48. The van der Waals surface area contributed by atoms with E-state index >= 15 is 0 Å². The van der Waals surface area contributed by atoms with Gasteiger partial charge in [0, 0.05) is 24.3 Å². The van der Waals surface area contributed by atoms with Gasteiger partial charge in [-0.25, -0.2) is 0 Å². The van der Waals surface area contributed by atoms with Crippen molar-refractivity contribution in [2.75, 3.05) is 19.5 Å². The summed E-state index contributed by atoms with van der Waals surface area (Å²) in [4.78, 5) is 26.8. The van der Waals surface area contributed by atoms with Crippen LogP contribution < -0.4 is 24.8 Å². The Kier molecular flexibility index (Phi) is 4.76. The van der Waals surface area contributed by atoms with Crippen LogP contribution in [0.1, 0.15) is 37.2 Å². The van der Waals surface area contributed by atoms with Crippen molar-refractivity contribution in [2.45, 2.75) is 37.3 Å². The van der Waals surface area contributed by atoms with Crippen molar-refractivity contribution < 1.29 is 23.8 Å². The zero-order valence-corrected chi connectivity index (χ0v) is 17.6. The third-order valence-electron chi connectivity index (χ3n) is 6.84. The summed E-state index contributed by atoms with van der Waals surface area (Å²) in [5, 5.41) is 6.01. The first-order valence-electron chi connectivity index (χ1n) is 10.7. The molecule has 2 aromatic rings. The standard InChI is InChI=1S/C24H26N2O5/c1-29-14-10-11-19(30-2)17(13-14)25-22(27)21-20-15-7-3-4-9-18(15)31-24(26-23(21)28)12-6-5-8-16(20)24/h3-4,7,9-11,13,16,20-21H,5-6,8,12H2,1-2H3,(H,25,27)(H,26,28)/t16-,20+,21-,24+/m0/s1. The molecule has 2 heterocycles. The minimum absolute atomic E-state index is 0.0526. The number of anilines is 1. The van der Waals surface area contributed by atoms with E-state index in [1.807, 2.05) is 24.3 Å². The normalized spacial score (nSPS) is 28.3. The quantitative estimate of drug-likeness (QED) is 0.737. The molecule has 3 aliphatic rings. The van der Waals surface area contributed by atoms with Gasteiger partial charge >= 0.3 is 0 Å². The Bertz CT molecular complexity index is 1040. The molecule has 0 aromatic heterocycles. The van der Waals surface area contributed by atoms with Crippen LogP contribution in [0.3, 0.4) is 0 Å². The molecule has 2 fully saturated rings. The maximum atomic E-state index is 13.5. The molecule has 1 aliphatic carbocycles. The predicted octanol–water partition coefficient (Wildman–Crippen LogP) is 3.45. The number of ether oxygens (including phenoxy) is 3. The zero-order chi connectivity index (χ0) is 21.6. The first-order valence-corrected chi connectivity index (χ1v) is 10.7. The second-order valence-electron chi connectivity index (χ2n) is 8.43. The lowest BCUT2D eigenvalue weighted by Gasteiger charge is -2.55. The smallest absolute Gasteiger partial charge is 0.237 e. The Morgan fingerprint density at radius 3 is 2.81 bits per heavy atom. The highest BCUT2D eigenvalue weighted by Gasteiger charge is 2.60. The number of methoxy groups -OCH3 is 2. The number of benzene rings is 2. The summed E-state index contributed by atoms with van der Waals surface area (Å²) >= 11 is 0. The van der Waals surface area contributed by atoms with Gasteiger partial charge < -0.3 is 24.8 Å². The Balaban J connectivity index is 1.54. The number of hydrogen-bond donors (Lipinski definition) is 2. The van der Waals surface area contributed by atoms with Crippen molar-refractivity contribution in [3.8, 4) is 17.2 Å². The summed E-state index contributed by atoms with van der Waals surface area (Å²) in [5.74, 6) is 0.144. The molecular formula is C24H26N2O5. The van der Waals surface area contributed by atoms with Gasteiger partial charge in [-0.05, 0) is 36.6 Å². The van der Waals surface area contributed by atoms with Crippen molar-refractivity contribution in [1.82, 2.24) is 5.32 Å². The molecule has 162 valence electrons. The average Bonchev–Trinajstić information content (AvgIpc) is 2.78. The molecule has 1 saturated heterocycles. The van der Waals surface area contributed by atoms with Crippen LogP contribution in [0.25, 0.3) is 0 Å². The summed E-state index contributed by atoms with van der Waals surface area (Å²) in [5.41, 5.74) is 0.678. The topological polar surface area (TPSA) is 85.9 Å². The molecule has 31 heavy (non-hydrogen) atoms. The van der Waals surface area contributed by atoms with E-state index in [0.717, 1.165) is 37.0 Å². The van der Waals surface area contributed by atoms with E-state index in [1.165, 1.54) is 7.11 Å². The molecule has 5 rings (SSSR count). The van der Waals surface area contributed by atoms with E-state index in [1.54, 1.807) is 25.3 Å². The molecule has 2 aliphatic heterocycles. The fraction of sp³-hybridized carbons (Fsp3) is 0.417. The van der Waals surface area contributed by atoms with Crippen molar-refractivity contribution >= 4 is 17.5 Å². The summed E-state index contributed by atoms with van der Waals surface area (Å²) in [6, 6.07) is 12.9. The number of hydrogen-bond acceptors (Lipinski definition) is 5. The largest absolute Gasteiger partial charge is 0.497 e. The first-order chi connectivity index (χ1) is 15.1. The van der Waals surface area contributed by atoms with Crippen LogP contribution in [0.4, 0.5) is 5.69 Å². The fourth-order valence-electron chi connectivity index (χ4n) is 5.47. The average molecular weight is 422 g/mol. The van der Waals surface area contributed by atoms with Gasteiger partial charge in [0.15, 0.2) is 5.72 Å². The minimum atomic E-state index is -0.864. The van der Waals surface area contributed by atoms with E-state index in [9.17, 15) is 9.59 Å². The van der Waals surface area contributed by atoms with E-state index in [-0.39, 0.29) is 23.7 Å². The molecule has 0 radical (unpaired) electrons. The summed E-state index contributed by atoms with van der Waals surface area (Å²) < 4.78 is 17.1. The van der Waals surface area contributed by atoms with Gasteiger partial charge in [-0.1, -0.05) is 24.6 Å². The molecular weight excluding hydrogens is 396 g/mol. The Morgan fingerprint density at radius 2 is 2.00 bits per heavy atom. The Hall–Kier alpha value is -3.22. The van der Waals surface area contributed by atoms with Gasteiger partial charge in [-0.3, -0.25) is 9.59 Å². The molecule has 2 amide bonds. The molecule has 0 unspecified atom stereocenters. The lowest BCUT2D eigenvalue weighted by molar-refractivity contribution is -0.160.